The van der Waals surface area contributed by atoms with Gasteiger partial charge in [-0.1, -0.05) is 48.5 Å². The van der Waals surface area contributed by atoms with Gasteiger partial charge in [0.25, 0.3) is 0 Å². The monoisotopic (exact) mass is 361 g/mol. The first kappa shape index (κ1) is 16.6. The van der Waals surface area contributed by atoms with E-state index in [2.05, 4.69) is 0 Å². The molecule has 1 unspecified atom stereocenters. The lowest BCUT2D eigenvalue weighted by Crippen LogP contribution is -2.38. The molecule has 2 N–H and O–H groups in total. The van der Waals surface area contributed by atoms with Crippen LogP contribution < -0.4 is 5.73 Å². The minimum atomic E-state index is -4.25. The highest BCUT2D eigenvalue weighted by Crippen LogP contribution is 2.25. The predicted molar refractivity (Wildman–Crippen MR) is 92.7 cm³/mol. The highest BCUT2D eigenvalue weighted by Gasteiger charge is 2.36. The van der Waals surface area contributed by atoms with Gasteiger partial charge in [0, 0.05) is 0 Å². The van der Waals surface area contributed by atoms with Crippen molar-refractivity contribution in [3.05, 3.63) is 72.8 Å². The minimum absolute atomic E-state index is 0.117. The van der Waals surface area contributed by atoms with Gasteiger partial charge in [-0.3, -0.25) is 0 Å². The van der Waals surface area contributed by atoms with E-state index in [1.165, 1.54) is 36.4 Å². The second kappa shape index (κ2) is 6.01. The number of hydrogen-bond acceptors (Lipinski definition) is 5. The van der Waals surface area contributed by atoms with E-state index in [0.717, 1.165) is 5.39 Å². The zero-order chi connectivity index (χ0) is 17.4. The minimum Gasteiger partial charge on any atom is -0.302 e. The van der Waals surface area contributed by atoms with E-state index in [-0.39, 0.29) is 9.79 Å². The number of hydrogen-bond donors (Lipinski definition) is 1. The topological polar surface area (TPSA) is 94.3 Å². The van der Waals surface area contributed by atoms with Gasteiger partial charge >= 0.3 is 0 Å². The molecular weight excluding hydrogens is 346 g/mol. The molecule has 24 heavy (non-hydrogen) atoms. The number of nitrogens with two attached hydrogens (primary N) is 1. The van der Waals surface area contributed by atoms with Crippen LogP contribution >= 0.6 is 0 Å². The summed E-state index contributed by atoms with van der Waals surface area (Å²) >= 11 is 0. The molecule has 124 valence electrons. The Hall–Kier alpha value is -2.22. The van der Waals surface area contributed by atoms with E-state index >= 15 is 0 Å². The first-order valence-corrected chi connectivity index (χ1v) is 10.2. The molecule has 3 aromatic carbocycles. The molecule has 0 radical (unpaired) electrons. The summed E-state index contributed by atoms with van der Waals surface area (Å²) in [6, 6.07) is 19.0. The van der Waals surface area contributed by atoms with Gasteiger partial charge in [-0.25, -0.2) is 16.8 Å². The third kappa shape index (κ3) is 2.82. The predicted octanol–water partition coefficient (Wildman–Crippen LogP) is 2.33. The van der Waals surface area contributed by atoms with Crippen molar-refractivity contribution in [1.82, 2.24) is 0 Å². The molecule has 3 aromatic rings. The van der Waals surface area contributed by atoms with Gasteiger partial charge in [0.1, 0.15) is 0 Å². The first-order chi connectivity index (χ1) is 11.3. The Morgan fingerprint density at radius 1 is 0.625 bits per heavy atom. The lowest BCUT2D eigenvalue weighted by molar-refractivity contribution is 0.575. The number of sulfone groups is 2. The molecule has 0 saturated heterocycles. The van der Waals surface area contributed by atoms with E-state index in [9.17, 15) is 16.8 Å². The van der Waals surface area contributed by atoms with E-state index in [1.807, 2.05) is 12.1 Å². The summed E-state index contributed by atoms with van der Waals surface area (Å²) in [6.45, 7) is 0. The third-order valence-corrected chi connectivity index (χ3v) is 8.32. The largest absolute Gasteiger partial charge is 0.302 e. The maximum atomic E-state index is 12.7. The molecule has 0 fully saturated rings. The van der Waals surface area contributed by atoms with Crippen molar-refractivity contribution in [3.8, 4) is 0 Å². The fourth-order valence-corrected chi connectivity index (χ4v) is 6.01. The van der Waals surface area contributed by atoms with Crippen molar-refractivity contribution in [2.75, 3.05) is 0 Å². The summed E-state index contributed by atoms with van der Waals surface area (Å²) in [6.07, 6.45) is 0. The molecule has 0 amide bonds. The lowest BCUT2D eigenvalue weighted by Gasteiger charge is -2.14. The van der Waals surface area contributed by atoms with Gasteiger partial charge in [0.05, 0.1) is 9.79 Å². The fourth-order valence-electron chi connectivity index (χ4n) is 2.39. The highest BCUT2D eigenvalue weighted by atomic mass is 32.3. The maximum Gasteiger partial charge on any atom is 0.219 e. The Labute approximate surface area is 140 Å². The zero-order valence-electron chi connectivity index (χ0n) is 12.5. The van der Waals surface area contributed by atoms with Crippen LogP contribution in [0, 0.1) is 0 Å². The summed E-state index contributed by atoms with van der Waals surface area (Å²) in [4.78, 5) is -0.241. The summed E-state index contributed by atoms with van der Waals surface area (Å²) in [5.74, 6) is 0. The van der Waals surface area contributed by atoms with E-state index in [1.54, 1.807) is 24.3 Å². The Morgan fingerprint density at radius 2 is 1.17 bits per heavy atom. The first-order valence-electron chi connectivity index (χ1n) is 7.11. The summed E-state index contributed by atoms with van der Waals surface area (Å²) in [5.41, 5.74) is 5.66. The van der Waals surface area contributed by atoms with Gasteiger partial charge in [0.15, 0.2) is 0 Å². The molecule has 0 heterocycles. The molecule has 0 aliphatic rings. The van der Waals surface area contributed by atoms with Crippen LogP contribution in [0.25, 0.3) is 10.8 Å². The van der Waals surface area contributed by atoms with Crippen LogP contribution in [-0.4, -0.2) is 21.5 Å². The molecular formula is C17H15NO4S2. The summed E-state index contributed by atoms with van der Waals surface area (Å²) < 4.78 is 48.3. The Balaban J connectivity index is 2.09. The average Bonchev–Trinajstić information content (AvgIpc) is 2.61. The number of rotatable bonds is 4. The van der Waals surface area contributed by atoms with Crippen LogP contribution in [0.5, 0.6) is 0 Å². The molecule has 3 rings (SSSR count). The summed E-state index contributed by atoms with van der Waals surface area (Å²) in [7, 11) is -8.45. The molecule has 0 saturated carbocycles. The molecule has 5 nitrogen and oxygen atoms in total. The molecule has 0 bridgehead atoms. The van der Waals surface area contributed by atoms with Gasteiger partial charge in [0.2, 0.25) is 24.4 Å². The number of fused-ring (bicyclic) bond motifs is 1. The zero-order valence-corrected chi connectivity index (χ0v) is 14.2. The fraction of sp³-hybridized carbons (Fsp3) is 0.0588. The van der Waals surface area contributed by atoms with E-state index in [4.69, 9.17) is 5.73 Å². The molecule has 0 aromatic heterocycles. The SMILES string of the molecule is NC(S(=O)(=O)c1ccccc1)S(=O)(=O)c1ccc2ccccc2c1. The van der Waals surface area contributed by atoms with Crippen LogP contribution in [-0.2, 0) is 19.7 Å². The molecule has 0 aliphatic carbocycles. The second-order valence-corrected chi connectivity index (χ2v) is 9.72. The van der Waals surface area contributed by atoms with Crippen LogP contribution in [0.4, 0.5) is 0 Å². The van der Waals surface area contributed by atoms with E-state index < -0.39 is 24.4 Å². The quantitative estimate of drug-likeness (QED) is 0.770. The van der Waals surface area contributed by atoms with Gasteiger partial charge in [-0.2, -0.15) is 0 Å². The lowest BCUT2D eigenvalue weighted by atomic mass is 10.1. The molecule has 7 heteroatoms. The molecule has 0 spiro atoms. The Bertz CT molecular complexity index is 1090. The van der Waals surface area contributed by atoms with Gasteiger partial charge in [-0.15, -0.1) is 0 Å². The van der Waals surface area contributed by atoms with Crippen molar-refractivity contribution in [2.45, 2.75) is 14.5 Å². The van der Waals surface area contributed by atoms with Crippen LogP contribution in [0.15, 0.2) is 82.6 Å². The Kier molecular flexibility index (Phi) is 4.16. The van der Waals surface area contributed by atoms with Crippen molar-refractivity contribution >= 4 is 30.4 Å². The van der Waals surface area contributed by atoms with E-state index in [0.29, 0.717) is 5.39 Å². The maximum absolute atomic E-state index is 12.7. The van der Waals surface area contributed by atoms with Crippen LogP contribution in [0.3, 0.4) is 0 Å². The van der Waals surface area contributed by atoms with Crippen LogP contribution in [0.1, 0.15) is 0 Å². The van der Waals surface area contributed by atoms with Crippen molar-refractivity contribution < 1.29 is 16.8 Å². The average molecular weight is 361 g/mol. The smallest absolute Gasteiger partial charge is 0.219 e. The van der Waals surface area contributed by atoms with Gasteiger partial charge in [-0.05, 0) is 35.0 Å². The molecule has 1 atom stereocenters. The summed E-state index contributed by atoms with van der Waals surface area (Å²) in [5, 5.41) is 1.55. The van der Waals surface area contributed by atoms with Gasteiger partial charge < -0.3 is 5.73 Å². The Morgan fingerprint density at radius 3 is 1.83 bits per heavy atom. The second-order valence-electron chi connectivity index (χ2n) is 5.28. The van der Waals surface area contributed by atoms with Crippen LogP contribution in [0.2, 0.25) is 0 Å². The highest BCUT2D eigenvalue weighted by molar-refractivity contribution is 8.09. The normalized spacial score (nSPS) is 13.7. The number of benzene rings is 3. The third-order valence-electron chi connectivity index (χ3n) is 3.73. The van der Waals surface area contributed by atoms with Crippen molar-refractivity contribution in [3.63, 3.8) is 0 Å². The molecule has 0 aliphatic heterocycles. The standard InChI is InChI=1S/C17H15NO4S2/c18-17(23(19,20)15-8-2-1-3-9-15)24(21,22)16-11-10-13-6-4-5-7-14(13)12-16/h1-12,17H,18H2. The van der Waals surface area contributed by atoms with Crippen molar-refractivity contribution in [2.24, 2.45) is 5.73 Å². The van der Waals surface area contributed by atoms with Crippen molar-refractivity contribution in [1.29, 1.82) is 0 Å².